The van der Waals surface area contributed by atoms with Crippen molar-refractivity contribution in [1.82, 2.24) is 4.57 Å². The van der Waals surface area contributed by atoms with Gasteiger partial charge in [0.15, 0.2) is 11.5 Å². The van der Waals surface area contributed by atoms with Crippen molar-refractivity contribution in [2.24, 2.45) is 0 Å². The highest BCUT2D eigenvalue weighted by atomic mass is 16.5. The van der Waals surface area contributed by atoms with E-state index >= 15 is 0 Å². The van der Waals surface area contributed by atoms with Crippen molar-refractivity contribution in [1.29, 1.82) is 0 Å². The third kappa shape index (κ3) is 4.98. The molecule has 0 saturated carbocycles. The molecule has 3 nitrogen and oxygen atoms in total. The molecule has 1 aliphatic rings. The molecule has 0 spiro atoms. The molecule has 0 bridgehead atoms. The van der Waals surface area contributed by atoms with Crippen LogP contribution in [0.5, 0.6) is 11.5 Å². The highest BCUT2D eigenvalue weighted by Crippen LogP contribution is 2.51. The van der Waals surface area contributed by atoms with Gasteiger partial charge in [-0.1, -0.05) is 127 Å². The van der Waals surface area contributed by atoms with E-state index in [2.05, 4.69) is 191 Å². The minimum Gasteiger partial charge on any atom is -0.453 e. The Morgan fingerprint density at radius 1 is 0.314 bits per heavy atom. The summed E-state index contributed by atoms with van der Waals surface area (Å²) in [4.78, 5) is 2.31. The van der Waals surface area contributed by atoms with Gasteiger partial charge in [-0.15, -0.1) is 0 Å². The molecule has 0 saturated heterocycles. The number of para-hydroxylation sites is 3. The van der Waals surface area contributed by atoms with Gasteiger partial charge in [-0.25, -0.2) is 0 Å². The van der Waals surface area contributed by atoms with Crippen molar-refractivity contribution in [2.45, 2.75) is 0 Å². The Bertz CT molecular complexity index is 2710. The van der Waals surface area contributed by atoms with E-state index in [4.69, 9.17) is 4.74 Å². The summed E-state index contributed by atoms with van der Waals surface area (Å²) >= 11 is 0. The number of hydrogen-bond donors (Lipinski definition) is 0. The lowest BCUT2D eigenvalue weighted by Crippen LogP contribution is -2.15. The summed E-state index contributed by atoms with van der Waals surface area (Å²) in [7, 11) is 0. The Morgan fingerprint density at radius 3 is 1.71 bits per heavy atom. The molecule has 0 fully saturated rings. The summed E-state index contributed by atoms with van der Waals surface area (Å²) in [5, 5.41) is 2.45. The molecule has 2 heterocycles. The number of benzene rings is 8. The van der Waals surface area contributed by atoms with Crippen LogP contribution >= 0.6 is 0 Å². The Hall–Kier alpha value is -6.84. The largest absolute Gasteiger partial charge is 0.453 e. The summed E-state index contributed by atoms with van der Waals surface area (Å²) in [6.07, 6.45) is 0. The molecule has 0 radical (unpaired) electrons. The molecule has 240 valence electrons. The minimum absolute atomic E-state index is 0.831. The van der Waals surface area contributed by atoms with E-state index < -0.39 is 0 Å². The number of fused-ring (bicyclic) bond motifs is 5. The van der Waals surface area contributed by atoms with Gasteiger partial charge < -0.3 is 14.2 Å². The van der Waals surface area contributed by atoms with Crippen molar-refractivity contribution in [2.75, 3.05) is 4.90 Å². The Labute approximate surface area is 296 Å². The Morgan fingerprint density at radius 2 is 0.882 bits per heavy atom. The first-order valence-electron chi connectivity index (χ1n) is 17.3. The highest BCUT2D eigenvalue weighted by molar-refractivity contribution is 6.10. The van der Waals surface area contributed by atoms with Crippen LogP contribution in [0.3, 0.4) is 0 Å². The molecule has 3 heteroatoms. The van der Waals surface area contributed by atoms with Crippen LogP contribution in [-0.4, -0.2) is 4.57 Å². The summed E-state index contributed by atoms with van der Waals surface area (Å²) in [5.41, 5.74) is 13.7. The van der Waals surface area contributed by atoms with Gasteiger partial charge in [-0.2, -0.15) is 0 Å². The van der Waals surface area contributed by atoms with Crippen LogP contribution in [0, 0.1) is 0 Å². The fourth-order valence-electron chi connectivity index (χ4n) is 7.53. The molecule has 9 aromatic rings. The second-order valence-electron chi connectivity index (χ2n) is 13.0. The van der Waals surface area contributed by atoms with E-state index in [1.54, 1.807) is 0 Å². The minimum atomic E-state index is 0.831. The first-order valence-corrected chi connectivity index (χ1v) is 17.3. The molecule has 0 N–H and O–H groups in total. The second-order valence-corrected chi connectivity index (χ2v) is 13.0. The highest BCUT2D eigenvalue weighted by Gasteiger charge is 2.26. The molecule has 0 aliphatic carbocycles. The zero-order valence-corrected chi connectivity index (χ0v) is 27.8. The molecule has 8 aromatic carbocycles. The SMILES string of the molecule is c1ccc(-c2ccc(-n3c4ccccc4c4cc(-c5ccc6c(c5)Oc5ccccc5N6c5cccc(-c6ccccc6)c5)ccc43)cc2)cc1. The fraction of sp³-hybridized carbons (Fsp3) is 0. The van der Waals surface area contributed by atoms with Crippen LogP contribution in [0.25, 0.3) is 60.9 Å². The number of anilines is 3. The van der Waals surface area contributed by atoms with Gasteiger partial charge >= 0.3 is 0 Å². The smallest absolute Gasteiger partial charge is 0.152 e. The van der Waals surface area contributed by atoms with Crippen LogP contribution in [0.1, 0.15) is 0 Å². The lowest BCUT2D eigenvalue weighted by molar-refractivity contribution is 0.477. The van der Waals surface area contributed by atoms with Gasteiger partial charge in [0.1, 0.15) is 0 Å². The maximum atomic E-state index is 6.62. The van der Waals surface area contributed by atoms with Crippen LogP contribution in [0.4, 0.5) is 17.1 Å². The number of aromatic nitrogens is 1. The normalized spacial score (nSPS) is 12.0. The van der Waals surface area contributed by atoms with Gasteiger partial charge in [0.2, 0.25) is 0 Å². The molecule has 0 amide bonds. The molecule has 1 aliphatic heterocycles. The zero-order valence-electron chi connectivity index (χ0n) is 27.8. The van der Waals surface area contributed by atoms with Crippen molar-refractivity contribution in [3.05, 3.63) is 194 Å². The van der Waals surface area contributed by atoms with E-state index in [-0.39, 0.29) is 0 Å². The molecule has 51 heavy (non-hydrogen) atoms. The maximum absolute atomic E-state index is 6.62. The maximum Gasteiger partial charge on any atom is 0.152 e. The van der Waals surface area contributed by atoms with Crippen LogP contribution < -0.4 is 9.64 Å². The number of hydrogen-bond acceptors (Lipinski definition) is 2. The summed E-state index contributed by atoms with van der Waals surface area (Å²) in [6, 6.07) is 69.0. The van der Waals surface area contributed by atoms with E-state index in [1.165, 1.54) is 44.1 Å². The van der Waals surface area contributed by atoms with Crippen LogP contribution in [-0.2, 0) is 0 Å². The Kier molecular flexibility index (Phi) is 6.81. The van der Waals surface area contributed by atoms with Crippen LogP contribution in [0.2, 0.25) is 0 Å². The second kappa shape index (κ2) is 11.9. The first kappa shape index (κ1) is 29.1. The number of nitrogens with zero attached hydrogens (tertiary/aromatic N) is 2. The predicted octanol–water partition coefficient (Wildman–Crippen LogP) is 13.4. The monoisotopic (exact) mass is 652 g/mol. The van der Waals surface area contributed by atoms with Gasteiger partial charge in [0, 0.05) is 22.1 Å². The van der Waals surface area contributed by atoms with Crippen molar-refractivity contribution >= 4 is 38.9 Å². The number of rotatable bonds is 5. The van der Waals surface area contributed by atoms with Gasteiger partial charge in [-0.05, 0) is 100 Å². The quantitative estimate of drug-likeness (QED) is 0.184. The topological polar surface area (TPSA) is 17.4 Å². The van der Waals surface area contributed by atoms with Gasteiger partial charge in [-0.3, -0.25) is 0 Å². The van der Waals surface area contributed by atoms with Crippen LogP contribution in [0.15, 0.2) is 194 Å². The molecule has 1 aromatic heterocycles. The molecule has 10 rings (SSSR count). The third-order valence-electron chi connectivity index (χ3n) is 9.98. The summed E-state index contributed by atoms with van der Waals surface area (Å²) < 4.78 is 8.99. The summed E-state index contributed by atoms with van der Waals surface area (Å²) in [5.74, 6) is 1.67. The lowest BCUT2D eigenvalue weighted by atomic mass is 10.0. The van der Waals surface area contributed by atoms with E-state index in [1.807, 2.05) is 12.1 Å². The van der Waals surface area contributed by atoms with E-state index in [9.17, 15) is 0 Å². The van der Waals surface area contributed by atoms with Gasteiger partial charge in [0.25, 0.3) is 0 Å². The van der Waals surface area contributed by atoms with Crippen molar-refractivity contribution in [3.63, 3.8) is 0 Å². The van der Waals surface area contributed by atoms with E-state index in [0.29, 0.717) is 0 Å². The molecule has 0 atom stereocenters. The molecular formula is C48H32N2O. The van der Waals surface area contributed by atoms with Crippen molar-refractivity contribution < 1.29 is 4.74 Å². The lowest BCUT2D eigenvalue weighted by Gasteiger charge is -2.33. The predicted molar refractivity (Wildman–Crippen MR) is 212 cm³/mol. The molecular weight excluding hydrogens is 621 g/mol. The number of ether oxygens (including phenoxy) is 1. The summed E-state index contributed by atoms with van der Waals surface area (Å²) in [6.45, 7) is 0. The van der Waals surface area contributed by atoms with Crippen molar-refractivity contribution in [3.8, 4) is 50.6 Å². The molecule has 0 unspecified atom stereocenters. The first-order chi connectivity index (χ1) is 25.3. The average Bonchev–Trinajstić information content (AvgIpc) is 3.54. The zero-order chi connectivity index (χ0) is 33.7. The van der Waals surface area contributed by atoms with Gasteiger partial charge in [0.05, 0.1) is 22.4 Å². The Balaban J connectivity index is 1.06. The standard InChI is InChI=1S/C48H32N2O/c1-3-12-33(13-4-1)35-22-26-39(27-23-35)49-43-19-8-7-18-41(43)42-31-37(24-28-44(42)49)38-25-29-46-48(32-38)51-47-21-10-9-20-45(47)50(46)40-17-11-16-36(30-40)34-14-5-2-6-15-34/h1-32H. The fourth-order valence-corrected chi connectivity index (χ4v) is 7.53. The van der Waals surface area contributed by atoms with E-state index in [0.717, 1.165) is 45.4 Å². The third-order valence-corrected chi connectivity index (χ3v) is 9.98. The average molecular weight is 653 g/mol.